The summed E-state index contributed by atoms with van der Waals surface area (Å²) < 4.78 is 31.6. The number of hydrogen-bond acceptors (Lipinski definition) is 9. The highest BCUT2D eigenvalue weighted by molar-refractivity contribution is 7.79. The molecule has 112 valence electrons. The Morgan fingerprint density at radius 1 is 0.778 bits per heavy atom. The van der Waals surface area contributed by atoms with Crippen LogP contribution < -0.4 is 0 Å². The van der Waals surface area contributed by atoms with Gasteiger partial charge in [0.1, 0.15) is 0 Å². The van der Waals surface area contributed by atoms with E-state index in [0.29, 0.717) is 5.39 Å². The topological polar surface area (TPSA) is 166 Å². The van der Waals surface area contributed by atoms with Crippen molar-refractivity contribution in [3.05, 3.63) is 0 Å². The van der Waals surface area contributed by atoms with Gasteiger partial charge >= 0.3 is 10.4 Å². The van der Waals surface area contributed by atoms with E-state index in [9.17, 15) is 0 Å². The summed E-state index contributed by atoms with van der Waals surface area (Å²) in [6, 6.07) is 0. The molecule has 0 saturated carbocycles. The Balaban J connectivity index is 0. The van der Waals surface area contributed by atoms with Crippen LogP contribution in [0.1, 0.15) is 0 Å². The van der Waals surface area contributed by atoms with E-state index in [2.05, 4.69) is 0 Å². The van der Waals surface area contributed by atoms with Crippen molar-refractivity contribution in [3.8, 4) is 0 Å². The van der Waals surface area contributed by atoms with E-state index >= 15 is 0 Å². The van der Waals surface area contributed by atoms with Gasteiger partial charge in [-0.3, -0.25) is 9.11 Å². The maximum absolute atomic E-state index is 8.74. The highest BCUT2D eigenvalue weighted by Gasteiger charge is 2.05. The van der Waals surface area contributed by atoms with Gasteiger partial charge in [-0.1, -0.05) is 0 Å². The second kappa shape index (κ2) is 13.0. The Hall–Kier alpha value is -0.410. The van der Waals surface area contributed by atoms with Crippen molar-refractivity contribution in [2.75, 3.05) is 39.6 Å². The van der Waals surface area contributed by atoms with Crippen LogP contribution in [0, 0.1) is 0 Å². The van der Waals surface area contributed by atoms with Gasteiger partial charge in [-0.15, -0.1) is 0 Å². The lowest BCUT2D eigenvalue weighted by Crippen LogP contribution is -2.28. The summed E-state index contributed by atoms with van der Waals surface area (Å²) in [7, 11) is -4.67. The first kappa shape index (κ1) is 19.9. The zero-order valence-electron chi connectivity index (χ0n) is 9.38. The van der Waals surface area contributed by atoms with Crippen molar-refractivity contribution in [2.45, 2.75) is 0 Å². The largest absolute Gasteiger partial charge is 0.394 e. The third-order valence-electron chi connectivity index (χ3n) is 0.864. The first-order chi connectivity index (χ1) is 8.35. The smallest absolute Gasteiger partial charge is 0.394 e. The molecule has 0 spiro atoms. The zero-order valence-corrected chi connectivity index (χ0v) is 10.2. The maximum Gasteiger partial charge on any atom is 0.394 e. The molecule has 18 heavy (non-hydrogen) atoms. The van der Waals surface area contributed by atoms with Gasteiger partial charge in [-0.2, -0.15) is 8.42 Å². The molecule has 0 aromatic carbocycles. The predicted molar refractivity (Wildman–Crippen MR) is 55.1 cm³/mol. The van der Waals surface area contributed by atoms with E-state index in [0.717, 1.165) is 0 Å². The van der Waals surface area contributed by atoms with Crippen LogP contribution in [0.4, 0.5) is 0 Å². The summed E-state index contributed by atoms with van der Waals surface area (Å²) in [5.41, 5.74) is 0. The van der Waals surface area contributed by atoms with Crippen molar-refractivity contribution in [1.82, 2.24) is 5.39 Å². The SMILES string of the molecule is O=S(=O)(O)O.OCCON(OCCO)OCCO. The summed E-state index contributed by atoms with van der Waals surface area (Å²) >= 11 is 0. The van der Waals surface area contributed by atoms with E-state index in [1.165, 1.54) is 0 Å². The Morgan fingerprint density at radius 2 is 1.00 bits per heavy atom. The van der Waals surface area contributed by atoms with Crippen LogP contribution in [-0.2, 0) is 24.9 Å². The Bertz CT molecular complexity index is 230. The van der Waals surface area contributed by atoms with Gasteiger partial charge in [-0.25, -0.2) is 14.5 Å². The summed E-state index contributed by atoms with van der Waals surface area (Å²) in [5, 5.41) is 25.9. The lowest BCUT2D eigenvalue weighted by Gasteiger charge is -2.17. The van der Waals surface area contributed by atoms with Crippen molar-refractivity contribution >= 4 is 10.4 Å². The van der Waals surface area contributed by atoms with Gasteiger partial charge in [0.2, 0.25) is 0 Å². The van der Waals surface area contributed by atoms with Crippen molar-refractivity contribution in [2.24, 2.45) is 0 Å². The molecule has 0 amide bonds. The van der Waals surface area contributed by atoms with Gasteiger partial charge in [0.25, 0.3) is 0 Å². The molecule has 0 aromatic rings. The molecular weight excluding hydrogens is 278 g/mol. The van der Waals surface area contributed by atoms with Crippen molar-refractivity contribution in [3.63, 3.8) is 0 Å². The summed E-state index contributed by atoms with van der Waals surface area (Å²) in [6.45, 7) is -0.505. The fraction of sp³-hybridized carbons (Fsp3) is 1.00. The second-order valence-corrected chi connectivity index (χ2v) is 3.24. The van der Waals surface area contributed by atoms with Gasteiger partial charge in [-0.05, 0) is 0 Å². The molecule has 12 heteroatoms. The predicted octanol–water partition coefficient (Wildman–Crippen LogP) is -2.59. The molecule has 0 heterocycles. The number of aliphatic hydroxyl groups is 3. The van der Waals surface area contributed by atoms with Crippen LogP contribution in [0.2, 0.25) is 0 Å². The zero-order chi connectivity index (χ0) is 14.4. The second-order valence-electron chi connectivity index (χ2n) is 2.34. The molecule has 0 bridgehead atoms. The minimum atomic E-state index is -4.67. The van der Waals surface area contributed by atoms with E-state index in [-0.39, 0.29) is 39.6 Å². The van der Waals surface area contributed by atoms with Crippen LogP contribution in [0.5, 0.6) is 0 Å². The van der Waals surface area contributed by atoms with Gasteiger partial charge < -0.3 is 15.3 Å². The Labute approximate surface area is 104 Å². The van der Waals surface area contributed by atoms with Gasteiger partial charge in [0, 0.05) is 0 Å². The normalized spacial score (nSPS) is 11.2. The van der Waals surface area contributed by atoms with E-state index in [4.69, 9.17) is 47.4 Å². The molecule has 0 atom stereocenters. The van der Waals surface area contributed by atoms with Gasteiger partial charge in [0.15, 0.2) is 0 Å². The molecular formula is C6H17NO10S. The molecule has 0 rings (SSSR count). The van der Waals surface area contributed by atoms with E-state index in [1.54, 1.807) is 0 Å². The monoisotopic (exact) mass is 295 g/mol. The van der Waals surface area contributed by atoms with Crippen LogP contribution in [0.15, 0.2) is 0 Å². The molecule has 5 N–H and O–H groups in total. The quantitative estimate of drug-likeness (QED) is 0.223. The van der Waals surface area contributed by atoms with Crippen molar-refractivity contribution < 1.29 is 47.4 Å². The summed E-state index contributed by atoms with van der Waals surface area (Å²) in [4.78, 5) is 14.1. The van der Waals surface area contributed by atoms with E-state index in [1.807, 2.05) is 0 Å². The number of aliphatic hydroxyl groups excluding tert-OH is 3. The molecule has 11 nitrogen and oxygen atoms in total. The standard InChI is InChI=1S/C6H15NO6.H2O4S/c8-1-4-11-7(12-5-2-9)13-6-3-10;1-5(2,3)4/h8-10H,1-6H2;(H2,1,2,3,4). The maximum atomic E-state index is 8.74. The molecule has 0 saturated heterocycles. The minimum absolute atomic E-state index is 0.0108. The molecule has 0 aliphatic carbocycles. The van der Waals surface area contributed by atoms with Crippen LogP contribution in [-0.4, -0.2) is 77.9 Å². The molecule has 0 radical (unpaired) electrons. The highest BCUT2D eigenvalue weighted by atomic mass is 32.3. The first-order valence-corrected chi connectivity index (χ1v) is 5.96. The average molecular weight is 295 g/mol. The number of nitrogens with zero attached hydrogens (tertiary/aromatic N) is 1. The lowest BCUT2D eigenvalue weighted by molar-refractivity contribution is -0.527. The number of rotatable bonds is 9. The highest BCUT2D eigenvalue weighted by Crippen LogP contribution is 1.93. The minimum Gasteiger partial charge on any atom is -0.394 e. The molecule has 0 aliphatic rings. The van der Waals surface area contributed by atoms with Crippen LogP contribution >= 0.6 is 0 Å². The Kier molecular flexibility index (Phi) is 14.4. The van der Waals surface area contributed by atoms with Crippen molar-refractivity contribution in [1.29, 1.82) is 0 Å². The summed E-state index contributed by atoms with van der Waals surface area (Å²) in [5.74, 6) is 0. The molecule has 0 aliphatic heterocycles. The summed E-state index contributed by atoms with van der Waals surface area (Å²) in [6.07, 6.45) is 0. The molecule has 0 fully saturated rings. The first-order valence-electron chi connectivity index (χ1n) is 4.56. The lowest BCUT2D eigenvalue weighted by atomic mass is 10.8. The van der Waals surface area contributed by atoms with Gasteiger partial charge in [0.05, 0.1) is 45.0 Å². The third-order valence-corrected chi connectivity index (χ3v) is 0.864. The fourth-order valence-corrected chi connectivity index (χ4v) is 0.458. The average Bonchev–Trinajstić information content (AvgIpc) is 2.26. The third kappa shape index (κ3) is 24.7. The molecule has 0 aromatic heterocycles. The van der Waals surface area contributed by atoms with E-state index < -0.39 is 10.4 Å². The van der Waals surface area contributed by atoms with Crippen LogP contribution in [0.3, 0.4) is 0 Å². The number of hydrogen-bond donors (Lipinski definition) is 5. The molecule has 0 unspecified atom stereocenters. The van der Waals surface area contributed by atoms with Crippen LogP contribution in [0.25, 0.3) is 0 Å². The Morgan fingerprint density at radius 3 is 1.17 bits per heavy atom. The fourth-order valence-electron chi connectivity index (χ4n) is 0.458.